The summed E-state index contributed by atoms with van der Waals surface area (Å²) in [5.74, 6) is 2.87. The number of nitrogens with zero attached hydrogens (tertiary/aromatic N) is 4. The fourth-order valence-corrected chi connectivity index (χ4v) is 4.24. The van der Waals surface area contributed by atoms with Crippen LogP contribution in [0.25, 0.3) is 0 Å². The predicted octanol–water partition coefficient (Wildman–Crippen LogP) is 3.09. The number of aromatic nitrogens is 3. The molecule has 0 fully saturated rings. The zero-order valence-corrected chi connectivity index (χ0v) is 17.1. The van der Waals surface area contributed by atoms with Crippen LogP contribution in [-0.2, 0) is 32.2 Å². The Kier molecular flexibility index (Phi) is 5.22. The molecule has 1 amide bonds. The second-order valence-electron chi connectivity index (χ2n) is 7.97. The number of carbonyl (C=O) groups excluding carboxylic acids is 1. The van der Waals surface area contributed by atoms with E-state index >= 15 is 0 Å². The van der Waals surface area contributed by atoms with E-state index in [4.69, 9.17) is 14.8 Å². The van der Waals surface area contributed by atoms with E-state index < -0.39 is 0 Å². The van der Waals surface area contributed by atoms with E-state index in [-0.39, 0.29) is 5.91 Å². The van der Waals surface area contributed by atoms with Crippen molar-refractivity contribution in [3.63, 3.8) is 0 Å². The van der Waals surface area contributed by atoms with Crippen LogP contribution in [0.5, 0.6) is 5.75 Å². The van der Waals surface area contributed by atoms with Crippen LogP contribution in [0.15, 0.2) is 48.5 Å². The topological polar surface area (TPSA) is 60.2 Å². The first-order valence-corrected chi connectivity index (χ1v) is 10.8. The first-order chi connectivity index (χ1) is 14.8. The second-order valence-corrected chi connectivity index (χ2v) is 7.97. The van der Waals surface area contributed by atoms with E-state index in [0.717, 1.165) is 67.2 Å². The summed E-state index contributed by atoms with van der Waals surface area (Å²) in [4.78, 5) is 19.7. The summed E-state index contributed by atoms with van der Waals surface area (Å²) in [6.07, 6.45) is 4.49. The Bertz CT molecular complexity index is 1020. The quantitative estimate of drug-likeness (QED) is 0.673. The molecular formula is C24H26N4O2. The SMILES string of the molecule is O=C(c1ccc2c(c1)CCCO2)N1CCc2nc(CCc3ccccc3)nn2CC1. The third-order valence-corrected chi connectivity index (χ3v) is 5.90. The monoisotopic (exact) mass is 402 g/mol. The third kappa shape index (κ3) is 3.95. The van der Waals surface area contributed by atoms with Crippen molar-refractivity contribution < 1.29 is 9.53 Å². The van der Waals surface area contributed by atoms with Gasteiger partial charge in [-0.05, 0) is 48.6 Å². The highest BCUT2D eigenvalue weighted by Gasteiger charge is 2.23. The van der Waals surface area contributed by atoms with Crippen LogP contribution in [0.4, 0.5) is 0 Å². The zero-order valence-electron chi connectivity index (χ0n) is 17.1. The van der Waals surface area contributed by atoms with Gasteiger partial charge in [0, 0.05) is 31.5 Å². The standard InChI is InChI=1S/C24H26N4O2/c29-24(20-9-10-21-19(17-20)7-4-16-30-21)27-13-12-23-25-22(26-28(23)15-14-27)11-8-18-5-2-1-3-6-18/h1-3,5-6,9-10,17H,4,7-8,11-16H2. The number of rotatable bonds is 4. The number of aryl methyl sites for hydroxylation is 3. The van der Waals surface area contributed by atoms with E-state index in [0.29, 0.717) is 19.6 Å². The Morgan fingerprint density at radius 3 is 2.80 bits per heavy atom. The maximum atomic E-state index is 13.1. The van der Waals surface area contributed by atoms with Crippen LogP contribution in [0.2, 0.25) is 0 Å². The zero-order chi connectivity index (χ0) is 20.3. The summed E-state index contributed by atoms with van der Waals surface area (Å²) in [6, 6.07) is 16.3. The lowest BCUT2D eigenvalue weighted by atomic mass is 10.0. The van der Waals surface area contributed by atoms with E-state index in [1.807, 2.05) is 33.8 Å². The first-order valence-electron chi connectivity index (χ1n) is 10.8. The van der Waals surface area contributed by atoms with Crippen molar-refractivity contribution in [3.05, 3.63) is 76.9 Å². The van der Waals surface area contributed by atoms with Crippen LogP contribution >= 0.6 is 0 Å². The maximum absolute atomic E-state index is 13.1. The fourth-order valence-electron chi connectivity index (χ4n) is 4.24. The molecule has 0 unspecified atom stereocenters. The lowest BCUT2D eigenvalue weighted by Crippen LogP contribution is -2.34. The van der Waals surface area contributed by atoms with Crippen LogP contribution in [0.1, 0.15) is 39.6 Å². The molecule has 0 atom stereocenters. The molecule has 5 rings (SSSR count). The molecule has 0 spiro atoms. The summed E-state index contributed by atoms with van der Waals surface area (Å²) in [5, 5.41) is 4.70. The van der Waals surface area contributed by atoms with Crippen LogP contribution in [-0.4, -0.2) is 45.3 Å². The molecule has 0 N–H and O–H groups in total. The van der Waals surface area contributed by atoms with Gasteiger partial charge >= 0.3 is 0 Å². The van der Waals surface area contributed by atoms with Crippen molar-refractivity contribution in [2.45, 2.75) is 38.6 Å². The lowest BCUT2D eigenvalue weighted by molar-refractivity contribution is 0.0758. The average Bonchev–Trinajstić information content (AvgIpc) is 3.09. The fraction of sp³-hybridized carbons (Fsp3) is 0.375. The molecule has 0 bridgehead atoms. The van der Waals surface area contributed by atoms with Gasteiger partial charge in [-0.2, -0.15) is 5.10 Å². The molecular weight excluding hydrogens is 376 g/mol. The number of hydrogen-bond donors (Lipinski definition) is 0. The molecule has 6 heteroatoms. The highest BCUT2D eigenvalue weighted by molar-refractivity contribution is 5.94. The minimum Gasteiger partial charge on any atom is -0.493 e. The highest BCUT2D eigenvalue weighted by Crippen LogP contribution is 2.26. The number of benzene rings is 2. The predicted molar refractivity (Wildman–Crippen MR) is 114 cm³/mol. The molecule has 3 aromatic rings. The normalized spacial score (nSPS) is 15.7. The molecule has 0 radical (unpaired) electrons. The van der Waals surface area contributed by atoms with Crippen molar-refractivity contribution in [3.8, 4) is 5.75 Å². The molecule has 0 saturated heterocycles. The highest BCUT2D eigenvalue weighted by atomic mass is 16.5. The Balaban J connectivity index is 1.23. The van der Waals surface area contributed by atoms with E-state index in [9.17, 15) is 4.79 Å². The molecule has 2 aliphatic heterocycles. The molecule has 3 heterocycles. The summed E-state index contributed by atoms with van der Waals surface area (Å²) in [6.45, 7) is 2.77. The molecule has 0 saturated carbocycles. The van der Waals surface area contributed by atoms with Crippen LogP contribution < -0.4 is 4.74 Å². The lowest BCUT2D eigenvalue weighted by Gasteiger charge is -2.22. The minimum absolute atomic E-state index is 0.0819. The molecule has 30 heavy (non-hydrogen) atoms. The summed E-state index contributed by atoms with van der Waals surface area (Å²) in [7, 11) is 0. The van der Waals surface area contributed by atoms with E-state index in [2.05, 4.69) is 24.3 Å². The Hall–Kier alpha value is -3.15. The Labute approximate surface area is 176 Å². The van der Waals surface area contributed by atoms with Gasteiger partial charge in [-0.1, -0.05) is 30.3 Å². The van der Waals surface area contributed by atoms with Gasteiger partial charge in [-0.15, -0.1) is 0 Å². The molecule has 0 aliphatic carbocycles. The summed E-state index contributed by atoms with van der Waals surface area (Å²) < 4.78 is 7.65. The molecule has 2 aliphatic rings. The molecule has 6 nitrogen and oxygen atoms in total. The second kappa shape index (κ2) is 8.30. The summed E-state index contributed by atoms with van der Waals surface area (Å²) in [5.41, 5.74) is 3.18. The number of ether oxygens (including phenoxy) is 1. The van der Waals surface area contributed by atoms with Gasteiger partial charge in [0.15, 0.2) is 5.82 Å². The smallest absolute Gasteiger partial charge is 0.253 e. The van der Waals surface area contributed by atoms with Crippen LogP contribution in [0.3, 0.4) is 0 Å². The first kappa shape index (κ1) is 18.9. The van der Waals surface area contributed by atoms with Crippen molar-refractivity contribution >= 4 is 5.91 Å². The molecule has 1 aromatic heterocycles. The number of carbonyl (C=O) groups is 1. The Morgan fingerprint density at radius 1 is 1.00 bits per heavy atom. The molecule has 2 aromatic carbocycles. The Morgan fingerprint density at radius 2 is 1.90 bits per heavy atom. The number of amides is 1. The van der Waals surface area contributed by atoms with Crippen molar-refractivity contribution in [1.82, 2.24) is 19.7 Å². The molecule has 154 valence electrons. The van der Waals surface area contributed by atoms with Crippen LogP contribution in [0, 0.1) is 0 Å². The van der Waals surface area contributed by atoms with Crippen molar-refractivity contribution in [2.24, 2.45) is 0 Å². The van der Waals surface area contributed by atoms with Gasteiger partial charge in [-0.3, -0.25) is 4.79 Å². The van der Waals surface area contributed by atoms with Crippen molar-refractivity contribution in [2.75, 3.05) is 19.7 Å². The summed E-state index contributed by atoms with van der Waals surface area (Å²) >= 11 is 0. The van der Waals surface area contributed by atoms with E-state index in [1.54, 1.807) is 0 Å². The largest absolute Gasteiger partial charge is 0.493 e. The van der Waals surface area contributed by atoms with Gasteiger partial charge < -0.3 is 9.64 Å². The van der Waals surface area contributed by atoms with Gasteiger partial charge in [-0.25, -0.2) is 9.67 Å². The average molecular weight is 402 g/mol. The maximum Gasteiger partial charge on any atom is 0.253 e. The number of fused-ring (bicyclic) bond motifs is 2. The van der Waals surface area contributed by atoms with E-state index in [1.165, 1.54) is 5.56 Å². The third-order valence-electron chi connectivity index (χ3n) is 5.90. The minimum atomic E-state index is 0.0819. The number of hydrogen-bond acceptors (Lipinski definition) is 4. The van der Waals surface area contributed by atoms with Gasteiger partial charge in [0.25, 0.3) is 5.91 Å². The van der Waals surface area contributed by atoms with Gasteiger partial charge in [0.05, 0.1) is 13.2 Å². The van der Waals surface area contributed by atoms with Crippen molar-refractivity contribution in [1.29, 1.82) is 0 Å². The van der Waals surface area contributed by atoms with Gasteiger partial charge in [0.2, 0.25) is 0 Å². The van der Waals surface area contributed by atoms with Gasteiger partial charge in [0.1, 0.15) is 11.6 Å².